The Morgan fingerprint density at radius 2 is 1.80 bits per heavy atom. The van der Waals surface area contributed by atoms with Crippen LogP contribution in [-0.4, -0.2) is 12.5 Å². The van der Waals surface area contributed by atoms with E-state index in [1.807, 2.05) is 50.2 Å². The SMILES string of the molecule is Cc1ccc(C)c(NCC(=O)Nc2ccc(Br)cc2)c1. The summed E-state index contributed by atoms with van der Waals surface area (Å²) >= 11 is 3.36. The van der Waals surface area contributed by atoms with E-state index in [1.54, 1.807) is 0 Å². The fraction of sp³-hybridized carbons (Fsp3) is 0.188. The zero-order valence-electron chi connectivity index (χ0n) is 11.5. The Bertz CT molecular complexity index is 608. The summed E-state index contributed by atoms with van der Waals surface area (Å²) in [6.45, 7) is 4.31. The highest BCUT2D eigenvalue weighted by atomic mass is 79.9. The molecule has 2 rings (SSSR count). The molecule has 2 N–H and O–H groups in total. The molecule has 3 nitrogen and oxygen atoms in total. The summed E-state index contributed by atoms with van der Waals surface area (Å²) < 4.78 is 0.990. The number of carbonyl (C=O) groups is 1. The summed E-state index contributed by atoms with van der Waals surface area (Å²) in [7, 11) is 0. The van der Waals surface area contributed by atoms with Crippen molar-refractivity contribution in [1.82, 2.24) is 0 Å². The summed E-state index contributed by atoms with van der Waals surface area (Å²) in [5.74, 6) is -0.0618. The van der Waals surface area contributed by atoms with E-state index in [1.165, 1.54) is 5.56 Å². The Hall–Kier alpha value is -1.81. The van der Waals surface area contributed by atoms with Crippen LogP contribution in [0.2, 0.25) is 0 Å². The predicted octanol–water partition coefficient (Wildman–Crippen LogP) is 4.12. The average Bonchev–Trinajstić information content (AvgIpc) is 2.42. The van der Waals surface area contributed by atoms with E-state index in [0.717, 1.165) is 21.4 Å². The van der Waals surface area contributed by atoms with Gasteiger partial charge in [0.1, 0.15) is 0 Å². The first-order valence-corrected chi connectivity index (χ1v) is 7.20. The minimum absolute atomic E-state index is 0.0618. The van der Waals surface area contributed by atoms with Crippen molar-refractivity contribution < 1.29 is 4.79 Å². The molecule has 0 radical (unpaired) electrons. The molecule has 0 aliphatic heterocycles. The van der Waals surface area contributed by atoms with Gasteiger partial charge in [0, 0.05) is 15.8 Å². The first-order chi connectivity index (χ1) is 9.54. The van der Waals surface area contributed by atoms with Crippen molar-refractivity contribution in [3.63, 3.8) is 0 Å². The van der Waals surface area contributed by atoms with Crippen LogP contribution >= 0.6 is 15.9 Å². The first-order valence-electron chi connectivity index (χ1n) is 6.41. The van der Waals surface area contributed by atoms with Gasteiger partial charge in [-0.2, -0.15) is 0 Å². The number of nitrogens with one attached hydrogen (secondary N) is 2. The molecule has 0 saturated carbocycles. The van der Waals surface area contributed by atoms with Crippen LogP contribution < -0.4 is 10.6 Å². The second-order valence-corrected chi connectivity index (χ2v) is 5.64. The van der Waals surface area contributed by atoms with Gasteiger partial charge in [0.2, 0.25) is 5.91 Å². The maximum Gasteiger partial charge on any atom is 0.243 e. The Labute approximate surface area is 127 Å². The molecule has 2 aromatic rings. The highest BCUT2D eigenvalue weighted by Gasteiger charge is 2.04. The zero-order valence-corrected chi connectivity index (χ0v) is 13.1. The third-order valence-corrected chi connectivity index (χ3v) is 3.49. The van der Waals surface area contributed by atoms with Crippen LogP contribution in [0.1, 0.15) is 11.1 Å². The number of aryl methyl sites for hydroxylation is 2. The van der Waals surface area contributed by atoms with Crippen LogP contribution in [0.15, 0.2) is 46.9 Å². The highest BCUT2D eigenvalue weighted by molar-refractivity contribution is 9.10. The molecule has 0 atom stereocenters. The van der Waals surface area contributed by atoms with E-state index >= 15 is 0 Å². The van der Waals surface area contributed by atoms with Gasteiger partial charge < -0.3 is 10.6 Å². The third kappa shape index (κ3) is 4.10. The molecule has 0 unspecified atom stereocenters. The van der Waals surface area contributed by atoms with Crippen molar-refractivity contribution in [3.8, 4) is 0 Å². The predicted molar refractivity (Wildman–Crippen MR) is 87.2 cm³/mol. The van der Waals surface area contributed by atoms with Crippen molar-refractivity contribution in [2.24, 2.45) is 0 Å². The Morgan fingerprint density at radius 1 is 1.10 bits per heavy atom. The zero-order chi connectivity index (χ0) is 14.5. The van der Waals surface area contributed by atoms with E-state index in [4.69, 9.17) is 0 Å². The molecule has 0 aromatic heterocycles. The molecule has 20 heavy (non-hydrogen) atoms. The lowest BCUT2D eigenvalue weighted by molar-refractivity contribution is -0.114. The van der Waals surface area contributed by atoms with Crippen LogP contribution in [0.3, 0.4) is 0 Å². The highest BCUT2D eigenvalue weighted by Crippen LogP contribution is 2.16. The van der Waals surface area contributed by atoms with Crippen molar-refractivity contribution in [3.05, 3.63) is 58.1 Å². The third-order valence-electron chi connectivity index (χ3n) is 2.96. The lowest BCUT2D eigenvalue weighted by atomic mass is 10.1. The second-order valence-electron chi connectivity index (χ2n) is 4.73. The molecule has 0 aliphatic rings. The van der Waals surface area contributed by atoms with Crippen molar-refractivity contribution in [2.75, 3.05) is 17.2 Å². The molecule has 104 valence electrons. The van der Waals surface area contributed by atoms with Gasteiger partial charge in [-0.15, -0.1) is 0 Å². The van der Waals surface area contributed by atoms with E-state index < -0.39 is 0 Å². The van der Waals surface area contributed by atoms with Gasteiger partial charge in [-0.1, -0.05) is 28.1 Å². The topological polar surface area (TPSA) is 41.1 Å². The van der Waals surface area contributed by atoms with Crippen LogP contribution in [0.4, 0.5) is 11.4 Å². The summed E-state index contributed by atoms with van der Waals surface area (Å²) in [4.78, 5) is 11.9. The molecule has 0 spiro atoms. The average molecular weight is 333 g/mol. The first kappa shape index (κ1) is 14.6. The lowest BCUT2D eigenvalue weighted by Crippen LogP contribution is -2.22. The molecule has 0 saturated heterocycles. The summed E-state index contributed by atoms with van der Waals surface area (Å²) in [5.41, 5.74) is 4.09. The van der Waals surface area contributed by atoms with Gasteiger partial charge in [-0.3, -0.25) is 4.79 Å². The summed E-state index contributed by atoms with van der Waals surface area (Å²) in [6, 6.07) is 13.7. The van der Waals surface area contributed by atoms with Crippen LogP contribution in [-0.2, 0) is 4.79 Å². The van der Waals surface area contributed by atoms with Crippen LogP contribution in [0, 0.1) is 13.8 Å². The molecular weight excluding hydrogens is 316 g/mol. The van der Waals surface area contributed by atoms with E-state index in [0.29, 0.717) is 0 Å². The van der Waals surface area contributed by atoms with Gasteiger partial charge in [-0.05, 0) is 55.3 Å². The van der Waals surface area contributed by atoms with Gasteiger partial charge in [-0.25, -0.2) is 0 Å². The fourth-order valence-corrected chi connectivity index (χ4v) is 2.10. The van der Waals surface area contributed by atoms with Crippen molar-refractivity contribution >= 4 is 33.2 Å². The number of hydrogen-bond acceptors (Lipinski definition) is 2. The van der Waals surface area contributed by atoms with Gasteiger partial charge in [0.05, 0.1) is 6.54 Å². The molecule has 0 heterocycles. The molecule has 0 aliphatic carbocycles. The number of hydrogen-bond donors (Lipinski definition) is 2. The molecule has 1 amide bonds. The van der Waals surface area contributed by atoms with Crippen LogP contribution in [0.5, 0.6) is 0 Å². The monoisotopic (exact) mass is 332 g/mol. The number of rotatable bonds is 4. The number of benzene rings is 2. The normalized spacial score (nSPS) is 10.2. The van der Waals surface area contributed by atoms with Gasteiger partial charge >= 0.3 is 0 Å². The van der Waals surface area contributed by atoms with Gasteiger partial charge in [0.15, 0.2) is 0 Å². The Kier molecular flexibility index (Phi) is 4.79. The van der Waals surface area contributed by atoms with Crippen molar-refractivity contribution in [1.29, 1.82) is 0 Å². The fourth-order valence-electron chi connectivity index (χ4n) is 1.84. The molecular formula is C16H17BrN2O. The summed E-state index contributed by atoms with van der Waals surface area (Å²) in [5, 5.41) is 6.02. The minimum Gasteiger partial charge on any atom is -0.376 e. The largest absolute Gasteiger partial charge is 0.376 e. The summed E-state index contributed by atoms with van der Waals surface area (Å²) in [6.07, 6.45) is 0. The van der Waals surface area contributed by atoms with Crippen molar-refractivity contribution in [2.45, 2.75) is 13.8 Å². The Balaban J connectivity index is 1.92. The smallest absolute Gasteiger partial charge is 0.243 e. The number of anilines is 2. The van der Waals surface area contributed by atoms with Crippen LogP contribution in [0.25, 0.3) is 0 Å². The molecule has 2 aromatic carbocycles. The maximum absolute atomic E-state index is 11.9. The standard InChI is InChI=1S/C16H17BrN2O/c1-11-3-4-12(2)15(9-11)18-10-16(20)19-14-7-5-13(17)6-8-14/h3-9,18H,10H2,1-2H3,(H,19,20). The Morgan fingerprint density at radius 3 is 2.50 bits per heavy atom. The number of amides is 1. The molecule has 4 heteroatoms. The number of halogens is 1. The number of carbonyl (C=O) groups excluding carboxylic acids is 1. The lowest BCUT2D eigenvalue weighted by Gasteiger charge is -2.11. The van der Waals surface area contributed by atoms with E-state index in [2.05, 4.69) is 32.6 Å². The minimum atomic E-state index is -0.0618. The second kappa shape index (κ2) is 6.57. The van der Waals surface area contributed by atoms with Gasteiger partial charge in [0.25, 0.3) is 0 Å². The maximum atomic E-state index is 11.9. The molecule has 0 bridgehead atoms. The van der Waals surface area contributed by atoms with E-state index in [9.17, 15) is 4.79 Å². The quantitative estimate of drug-likeness (QED) is 0.884. The molecule has 0 fully saturated rings. The van der Waals surface area contributed by atoms with E-state index in [-0.39, 0.29) is 12.5 Å².